The summed E-state index contributed by atoms with van der Waals surface area (Å²) in [6.07, 6.45) is 7.70. The first-order valence-corrected chi connectivity index (χ1v) is 4.14. The van der Waals surface area contributed by atoms with Crippen molar-refractivity contribution in [2.45, 2.75) is 25.9 Å². The van der Waals surface area contributed by atoms with Crippen molar-refractivity contribution < 1.29 is 4.74 Å². The molecule has 56 valence electrons. The summed E-state index contributed by atoms with van der Waals surface area (Å²) in [5, 5.41) is 0. The van der Waals surface area contributed by atoms with Gasteiger partial charge in [0.2, 0.25) is 0 Å². The Hall–Kier alpha value is -0.300. The Balaban J connectivity index is 2.12. The maximum Gasteiger partial charge on any atom is 0.0609 e. The predicted molar refractivity (Wildman–Crippen MR) is 40.8 cm³/mol. The van der Waals surface area contributed by atoms with Gasteiger partial charge in [-0.3, -0.25) is 0 Å². The van der Waals surface area contributed by atoms with Gasteiger partial charge in [0, 0.05) is 5.92 Å². The van der Waals surface area contributed by atoms with Crippen LogP contribution in [0.5, 0.6) is 0 Å². The number of ether oxygens (including phenoxy) is 1. The highest BCUT2D eigenvalue weighted by molar-refractivity contribution is 5.00. The van der Waals surface area contributed by atoms with E-state index in [4.69, 9.17) is 4.74 Å². The smallest absolute Gasteiger partial charge is 0.0609 e. The van der Waals surface area contributed by atoms with Crippen LogP contribution in [0, 0.1) is 11.8 Å². The molecule has 0 saturated carbocycles. The highest BCUT2D eigenvalue weighted by atomic mass is 16.5. The molecule has 1 fully saturated rings. The molecule has 0 aromatic heterocycles. The molecular weight excluding hydrogens is 124 g/mol. The van der Waals surface area contributed by atoms with Crippen LogP contribution >= 0.6 is 0 Å². The van der Waals surface area contributed by atoms with Crippen LogP contribution in [-0.2, 0) is 4.74 Å². The molecule has 10 heavy (non-hydrogen) atoms. The van der Waals surface area contributed by atoms with E-state index >= 15 is 0 Å². The molecule has 0 amide bonds. The summed E-state index contributed by atoms with van der Waals surface area (Å²) in [6.45, 7) is 3.17. The Bertz CT molecular complexity index is 151. The average molecular weight is 138 g/mol. The predicted octanol–water partition coefficient (Wildman–Crippen LogP) is 1.99. The van der Waals surface area contributed by atoms with Gasteiger partial charge in [-0.15, -0.1) is 0 Å². The monoisotopic (exact) mass is 138 g/mol. The summed E-state index contributed by atoms with van der Waals surface area (Å²) in [5.74, 6) is 1.54. The quantitative estimate of drug-likeness (QED) is 0.465. The fourth-order valence-corrected chi connectivity index (χ4v) is 1.90. The molecule has 1 aliphatic heterocycles. The van der Waals surface area contributed by atoms with E-state index in [9.17, 15) is 0 Å². The van der Waals surface area contributed by atoms with E-state index in [2.05, 4.69) is 19.1 Å². The summed E-state index contributed by atoms with van der Waals surface area (Å²) < 4.78 is 5.59. The fraction of sp³-hybridized carbons (Fsp3) is 0.778. The van der Waals surface area contributed by atoms with Gasteiger partial charge in [-0.25, -0.2) is 0 Å². The normalized spacial score (nSPS) is 45.5. The lowest BCUT2D eigenvalue weighted by molar-refractivity contribution is -0.0345. The van der Waals surface area contributed by atoms with Gasteiger partial charge in [0.1, 0.15) is 0 Å². The van der Waals surface area contributed by atoms with E-state index in [0.29, 0.717) is 12.0 Å². The number of rotatable bonds is 0. The van der Waals surface area contributed by atoms with Gasteiger partial charge in [0.25, 0.3) is 0 Å². The van der Waals surface area contributed by atoms with Gasteiger partial charge >= 0.3 is 0 Å². The van der Waals surface area contributed by atoms with Gasteiger partial charge in [-0.05, 0) is 25.7 Å². The van der Waals surface area contributed by atoms with E-state index in [1.165, 1.54) is 12.8 Å². The van der Waals surface area contributed by atoms with E-state index in [1.54, 1.807) is 0 Å². The molecule has 2 aliphatic rings. The van der Waals surface area contributed by atoms with Crippen molar-refractivity contribution in [3.63, 3.8) is 0 Å². The van der Waals surface area contributed by atoms with Gasteiger partial charge in [0.15, 0.2) is 0 Å². The Morgan fingerprint density at radius 1 is 1.50 bits per heavy atom. The van der Waals surface area contributed by atoms with Crippen LogP contribution in [0.3, 0.4) is 0 Å². The van der Waals surface area contributed by atoms with Crippen molar-refractivity contribution >= 4 is 0 Å². The lowest BCUT2D eigenvalue weighted by Gasteiger charge is -2.35. The van der Waals surface area contributed by atoms with Crippen LogP contribution in [0.25, 0.3) is 0 Å². The molecule has 0 aromatic rings. The average Bonchev–Trinajstić information content (AvgIpc) is 1.99. The summed E-state index contributed by atoms with van der Waals surface area (Å²) in [4.78, 5) is 0. The Kier molecular flexibility index (Phi) is 1.53. The molecule has 1 nitrogen and oxygen atoms in total. The first kappa shape index (κ1) is 6.41. The zero-order valence-corrected chi connectivity index (χ0v) is 6.42. The first-order valence-electron chi connectivity index (χ1n) is 4.14. The fourth-order valence-electron chi connectivity index (χ4n) is 1.90. The second kappa shape index (κ2) is 2.39. The lowest BCUT2D eigenvalue weighted by atomic mass is 9.82. The van der Waals surface area contributed by atoms with Crippen LogP contribution in [0.4, 0.5) is 0 Å². The van der Waals surface area contributed by atoms with E-state index < -0.39 is 0 Å². The second-order valence-electron chi connectivity index (χ2n) is 3.47. The molecule has 0 spiro atoms. The zero-order valence-electron chi connectivity index (χ0n) is 6.42. The molecule has 2 bridgehead atoms. The van der Waals surface area contributed by atoms with Gasteiger partial charge in [-0.1, -0.05) is 12.2 Å². The molecule has 1 aliphatic carbocycles. The Morgan fingerprint density at radius 3 is 3.20 bits per heavy atom. The second-order valence-corrected chi connectivity index (χ2v) is 3.47. The molecule has 1 heteroatoms. The van der Waals surface area contributed by atoms with Crippen molar-refractivity contribution in [1.82, 2.24) is 0 Å². The van der Waals surface area contributed by atoms with Gasteiger partial charge in [-0.2, -0.15) is 0 Å². The molecule has 0 radical (unpaired) electrons. The minimum atomic E-state index is 0.466. The first-order chi connectivity index (χ1) is 4.86. The van der Waals surface area contributed by atoms with Crippen LogP contribution in [0.15, 0.2) is 12.2 Å². The third-order valence-corrected chi connectivity index (χ3v) is 2.66. The molecule has 1 saturated heterocycles. The molecule has 3 unspecified atom stereocenters. The van der Waals surface area contributed by atoms with Crippen LogP contribution in [-0.4, -0.2) is 12.7 Å². The molecule has 0 aromatic carbocycles. The third-order valence-electron chi connectivity index (χ3n) is 2.66. The number of hydrogen-bond donors (Lipinski definition) is 0. The van der Waals surface area contributed by atoms with Gasteiger partial charge in [0.05, 0.1) is 12.7 Å². The van der Waals surface area contributed by atoms with Crippen molar-refractivity contribution in [2.24, 2.45) is 11.8 Å². The van der Waals surface area contributed by atoms with Gasteiger partial charge < -0.3 is 4.74 Å². The molecule has 3 atom stereocenters. The molecule has 2 rings (SSSR count). The Labute approximate surface area is 62.1 Å². The van der Waals surface area contributed by atoms with Crippen molar-refractivity contribution in [1.29, 1.82) is 0 Å². The standard InChI is InChI=1S/C9H14O/c1-7-9-4-2-3-8(5-9)6-10-7/h2,4,7-9H,3,5-6H2,1H3. The SMILES string of the molecule is CC1OCC2CC=CC1C2. The van der Waals surface area contributed by atoms with Crippen molar-refractivity contribution in [2.75, 3.05) is 6.61 Å². The van der Waals surface area contributed by atoms with Crippen LogP contribution < -0.4 is 0 Å². The maximum absolute atomic E-state index is 5.59. The number of fused-ring (bicyclic) bond motifs is 2. The molecular formula is C9H14O. The Morgan fingerprint density at radius 2 is 2.40 bits per heavy atom. The van der Waals surface area contributed by atoms with E-state index in [0.717, 1.165) is 12.5 Å². The highest BCUT2D eigenvalue weighted by Crippen LogP contribution is 2.31. The topological polar surface area (TPSA) is 9.23 Å². The summed E-state index contributed by atoms with van der Waals surface area (Å²) in [6, 6.07) is 0. The summed E-state index contributed by atoms with van der Waals surface area (Å²) >= 11 is 0. The van der Waals surface area contributed by atoms with Crippen molar-refractivity contribution in [3.05, 3.63) is 12.2 Å². The lowest BCUT2D eigenvalue weighted by Crippen LogP contribution is -2.33. The minimum absolute atomic E-state index is 0.466. The third kappa shape index (κ3) is 0.988. The maximum atomic E-state index is 5.59. The molecule has 0 N–H and O–H groups in total. The van der Waals surface area contributed by atoms with Crippen LogP contribution in [0.2, 0.25) is 0 Å². The molecule has 1 heterocycles. The minimum Gasteiger partial charge on any atom is -0.378 e. The highest BCUT2D eigenvalue weighted by Gasteiger charge is 2.28. The number of allylic oxidation sites excluding steroid dienone is 1. The largest absolute Gasteiger partial charge is 0.378 e. The summed E-state index contributed by atoms with van der Waals surface area (Å²) in [5.41, 5.74) is 0. The summed E-state index contributed by atoms with van der Waals surface area (Å²) in [7, 11) is 0. The van der Waals surface area contributed by atoms with E-state index in [-0.39, 0.29) is 0 Å². The number of hydrogen-bond acceptors (Lipinski definition) is 1. The van der Waals surface area contributed by atoms with Crippen LogP contribution in [0.1, 0.15) is 19.8 Å². The van der Waals surface area contributed by atoms with Crippen molar-refractivity contribution in [3.8, 4) is 0 Å². The van der Waals surface area contributed by atoms with E-state index in [1.807, 2.05) is 0 Å². The zero-order chi connectivity index (χ0) is 6.97.